The Bertz CT molecular complexity index is 1040. The average Bonchev–Trinajstić information content (AvgIpc) is 3.21. The Morgan fingerprint density at radius 3 is 2.72 bits per heavy atom. The molecule has 1 spiro atoms. The van der Waals surface area contributed by atoms with Crippen LogP contribution >= 0.6 is 0 Å². The highest BCUT2D eigenvalue weighted by molar-refractivity contribution is 6.11. The van der Waals surface area contributed by atoms with Gasteiger partial charge in [-0.25, -0.2) is 4.79 Å². The molecular weight excluding hydrogens is 364 g/mol. The van der Waals surface area contributed by atoms with Crippen molar-refractivity contribution in [3.05, 3.63) is 59.2 Å². The Balaban J connectivity index is 1.39. The van der Waals surface area contributed by atoms with Gasteiger partial charge in [0.05, 0.1) is 6.54 Å². The number of ketones is 1. The van der Waals surface area contributed by atoms with Crippen LogP contribution in [0.5, 0.6) is 0 Å². The number of hydrogen-bond acceptors (Lipinski definition) is 3. The molecule has 1 aliphatic heterocycles. The summed E-state index contributed by atoms with van der Waals surface area (Å²) in [5.41, 5.74) is 4.40. The fourth-order valence-electron chi connectivity index (χ4n) is 5.17. The van der Waals surface area contributed by atoms with Gasteiger partial charge in [0.2, 0.25) is 0 Å². The summed E-state index contributed by atoms with van der Waals surface area (Å²) < 4.78 is 0. The van der Waals surface area contributed by atoms with Crippen LogP contribution in [0, 0.1) is 5.92 Å². The first kappa shape index (κ1) is 18.1. The van der Waals surface area contributed by atoms with Gasteiger partial charge in [-0.1, -0.05) is 56.2 Å². The van der Waals surface area contributed by atoms with Gasteiger partial charge >= 0.3 is 6.03 Å². The Kier molecular flexibility index (Phi) is 4.09. The number of rotatable bonds is 3. The van der Waals surface area contributed by atoms with Crippen molar-refractivity contribution < 1.29 is 14.4 Å². The highest BCUT2D eigenvalue weighted by Gasteiger charge is 2.55. The molecule has 3 aliphatic rings. The topological polar surface area (TPSA) is 66.5 Å². The number of nitrogens with zero attached hydrogens (tertiary/aromatic N) is 1. The molecule has 29 heavy (non-hydrogen) atoms. The van der Waals surface area contributed by atoms with Gasteiger partial charge < -0.3 is 5.32 Å². The SMILES string of the molecule is C[C@@H]1CCCC[C@@]12NC(=O)N(CC(=O)c1ccc3c(c1)-c1ccccc1C3)C2=O. The van der Waals surface area contributed by atoms with E-state index in [1.54, 1.807) is 0 Å². The van der Waals surface area contributed by atoms with Crippen LogP contribution in [-0.2, 0) is 11.2 Å². The Hall–Kier alpha value is -2.95. The van der Waals surface area contributed by atoms with E-state index >= 15 is 0 Å². The van der Waals surface area contributed by atoms with Crippen molar-refractivity contribution in [2.45, 2.75) is 44.6 Å². The molecule has 5 heteroatoms. The highest BCUT2D eigenvalue weighted by atomic mass is 16.2. The summed E-state index contributed by atoms with van der Waals surface area (Å²) in [7, 11) is 0. The van der Waals surface area contributed by atoms with Crippen LogP contribution in [0.15, 0.2) is 42.5 Å². The van der Waals surface area contributed by atoms with Gasteiger partial charge in [-0.3, -0.25) is 14.5 Å². The van der Waals surface area contributed by atoms with Crippen molar-refractivity contribution >= 4 is 17.7 Å². The van der Waals surface area contributed by atoms with Gasteiger partial charge in [0, 0.05) is 5.56 Å². The quantitative estimate of drug-likeness (QED) is 0.546. The molecule has 2 atom stereocenters. The van der Waals surface area contributed by atoms with Crippen molar-refractivity contribution in [3.63, 3.8) is 0 Å². The number of nitrogens with one attached hydrogen (secondary N) is 1. The molecule has 2 aromatic rings. The lowest BCUT2D eigenvalue weighted by atomic mass is 9.73. The minimum Gasteiger partial charge on any atom is -0.323 e. The van der Waals surface area contributed by atoms with Crippen LogP contribution in [0.25, 0.3) is 11.1 Å². The van der Waals surface area contributed by atoms with Crippen LogP contribution < -0.4 is 5.32 Å². The minimum absolute atomic E-state index is 0.0873. The summed E-state index contributed by atoms with van der Waals surface area (Å²) in [6.45, 7) is 1.81. The predicted octanol–water partition coefficient (Wildman–Crippen LogP) is 3.94. The molecule has 5 nitrogen and oxygen atoms in total. The zero-order valence-electron chi connectivity index (χ0n) is 16.5. The van der Waals surface area contributed by atoms with Crippen LogP contribution in [-0.4, -0.2) is 34.7 Å². The number of hydrogen-bond donors (Lipinski definition) is 1. The van der Waals surface area contributed by atoms with Crippen LogP contribution in [0.4, 0.5) is 4.79 Å². The summed E-state index contributed by atoms with van der Waals surface area (Å²) in [6.07, 6.45) is 4.43. The van der Waals surface area contributed by atoms with Gasteiger partial charge in [-0.05, 0) is 53.5 Å². The number of benzene rings is 2. The van der Waals surface area contributed by atoms with Crippen LogP contribution in [0.3, 0.4) is 0 Å². The number of carbonyl (C=O) groups excluding carboxylic acids is 3. The lowest BCUT2D eigenvalue weighted by Gasteiger charge is -2.36. The molecule has 1 heterocycles. The normalized spacial score (nSPS) is 25.1. The van der Waals surface area contributed by atoms with E-state index in [2.05, 4.69) is 17.4 Å². The number of fused-ring (bicyclic) bond motifs is 3. The summed E-state index contributed by atoms with van der Waals surface area (Å²) in [5, 5.41) is 2.92. The fraction of sp³-hybridized carbons (Fsp3) is 0.375. The van der Waals surface area contributed by atoms with Crippen molar-refractivity contribution in [1.29, 1.82) is 0 Å². The summed E-state index contributed by atoms with van der Waals surface area (Å²) in [4.78, 5) is 39.8. The molecule has 1 saturated heterocycles. The van der Waals surface area contributed by atoms with E-state index in [-0.39, 0.29) is 24.2 Å². The second-order valence-electron chi connectivity index (χ2n) is 8.57. The first-order valence-electron chi connectivity index (χ1n) is 10.4. The van der Waals surface area contributed by atoms with Gasteiger partial charge in [-0.2, -0.15) is 0 Å². The molecule has 0 aromatic heterocycles. The molecule has 2 aromatic carbocycles. The molecule has 148 valence electrons. The zero-order valence-corrected chi connectivity index (χ0v) is 16.5. The lowest BCUT2D eigenvalue weighted by Crippen LogP contribution is -2.54. The summed E-state index contributed by atoms with van der Waals surface area (Å²) in [5.74, 6) is -0.361. The third kappa shape index (κ3) is 2.71. The first-order chi connectivity index (χ1) is 14.0. The van der Waals surface area contributed by atoms with E-state index < -0.39 is 11.6 Å². The molecular formula is C24H24N2O3. The van der Waals surface area contributed by atoms with E-state index in [9.17, 15) is 14.4 Å². The highest BCUT2D eigenvalue weighted by Crippen LogP contribution is 2.39. The van der Waals surface area contributed by atoms with Gasteiger partial charge in [-0.15, -0.1) is 0 Å². The lowest BCUT2D eigenvalue weighted by molar-refractivity contribution is -0.133. The van der Waals surface area contributed by atoms with Gasteiger partial charge in [0.1, 0.15) is 5.54 Å². The minimum atomic E-state index is -0.827. The molecule has 2 aliphatic carbocycles. The Morgan fingerprint density at radius 2 is 1.90 bits per heavy atom. The second kappa shape index (κ2) is 6.55. The van der Waals surface area contributed by atoms with Gasteiger partial charge in [0.15, 0.2) is 5.78 Å². The van der Waals surface area contributed by atoms with Crippen LogP contribution in [0.2, 0.25) is 0 Å². The molecule has 0 bridgehead atoms. The largest absolute Gasteiger partial charge is 0.325 e. The number of imide groups is 1. The first-order valence-corrected chi connectivity index (χ1v) is 10.4. The third-order valence-electron chi connectivity index (χ3n) is 6.92. The standard InChI is InChI=1S/C24H24N2O3/c1-15-6-4-5-11-24(15)22(28)26(23(29)25-24)14-21(27)18-10-9-17-12-16-7-2-3-8-19(16)20(17)13-18/h2-3,7-10,13,15H,4-6,11-12,14H2,1H3,(H,25,29)/t15-,24-/m1/s1. The number of amides is 3. The summed E-state index contributed by atoms with van der Waals surface area (Å²) >= 11 is 0. The molecule has 5 rings (SSSR count). The maximum Gasteiger partial charge on any atom is 0.325 e. The van der Waals surface area contributed by atoms with Crippen molar-refractivity contribution in [2.24, 2.45) is 5.92 Å². The van der Waals surface area contributed by atoms with E-state index in [1.807, 2.05) is 37.3 Å². The molecule has 2 fully saturated rings. The number of Topliss-reactive ketones (excluding diaryl/α,β-unsaturated/α-hetero) is 1. The third-order valence-corrected chi connectivity index (χ3v) is 6.92. The van der Waals surface area contributed by atoms with E-state index in [4.69, 9.17) is 0 Å². The summed E-state index contributed by atoms with van der Waals surface area (Å²) in [6, 6.07) is 13.5. The van der Waals surface area contributed by atoms with Crippen molar-refractivity contribution in [1.82, 2.24) is 10.2 Å². The maximum atomic E-state index is 13.1. The van der Waals surface area contributed by atoms with Crippen molar-refractivity contribution in [3.8, 4) is 11.1 Å². The Labute approximate surface area is 170 Å². The van der Waals surface area contributed by atoms with E-state index in [1.165, 1.54) is 11.1 Å². The zero-order chi connectivity index (χ0) is 20.2. The number of urea groups is 1. The van der Waals surface area contributed by atoms with E-state index in [0.717, 1.165) is 41.7 Å². The maximum absolute atomic E-state index is 13.1. The molecule has 0 unspecified atom stereocenters. The van der Waals surface area contributed by atoms with E-state index in [0.29, 0.717) is 12.0 Å². The second-order valence-corrected chi connectivity index (χ2v) is 8.57. The molecule has 0 radical (unpaired) electrons. The smallest absolute Gasteiger partial charge is 0.323 e. The van der Waals surface area contributed by atoms with Crippen LogP contribution in [0.1, 0.15) is 54.1 Å². The molecule has 3 amide bonds. The Morgan fingerprint density at radius 1 is 1.10 bits per heavy atom. The molecule has 1 N–H and O–H groups in total. The number of carbonyl (C=O) groups is 3. The fourth-order valence-corrected chi connectivity index (χ4v) is 5.17. The monoisotopic (exact) mass is 388 g/mol. The predicted molar refractivity (Wildman–Crippen MR) is 110 cm³/mol. The molecule has 1 saturated carbocycles. The van der Waals surface area contributed by atoms with Gasteiger partial charge in [0.25, 0.3) is 5.91 Å². The van der Waals surface area contributed by atoms with Crippen molar-refractivity contribution in [2.75, 3.05) is 6.54 Å². The average molecular weight is 388 g/mol.